The number of fused-ring (bicyclic) bond motifs is 1. The summed E-state index contributed by atoms with van der Waals surface area (Å²) in [6.07, 6.45) is 4.47. The lowest BCUT2D eigenvalue weighted by Crippen LogP contribution is -2.54. The second kappa shape index (κ2) is 5.30. The molecule has 1 aromatic rings. The molecule has 5 heteroatoms. The van der Waals surface area contributed by atoms with Crippen molar-refractivity contribution >= 4 is 11.6 Å². The van der Waals surface area contributed by atoms with Gasteiger partial charge in [0.2, 0.25) is 0 Å². The van der Waals surface area contributed by atoms with Gasteiger partial charge < -0.3 is 15.7 Å². The molecule has 1 heterocycles. The normalized spacial score (nSPS) is 29.0. The van der Waals surface area contributed by atoms with E-state index in [9.17, 15) is 14.3 Å². The van der Waals surface area contributed by atoms with E-state index in [0.29, 0.717) is 25.2 Å². The summed E-state index contributed by atoms with van der Waals surface area (Å²) in [6.45, 7) is 0.995. The van der Waals surface area contributed by atoms with Crippen LogP contribution in [0.1, 0.15) is 42.5 Å². The number of nitrogens with zero attached hydrogens (tertiary/aromatic N) is 1. The van der Waals surface area contributed by atoms with Gasteiger partial charge in [0.1, 0.15) is 5.82 Å². The molecule has 3 N–H and O–H groups in total. The molecule has 1 aliphatic carbocycles. The highest BCUT2D eigenvalue weighted by Gasteiger charge is 2.43. The molecule has 1 aromatic carbocycles. The Kier molecular flexibility index (Phi) is 3.61. The number of amides is 1. The van der Waals surface area contributed by atoms with Gasteiger partial charge in [-0.1, -0.05) is 12.8 Å². The average molecular weight is 292 g/mol. The standard InChI is InChI=1S/C16H21FN2O2/c17-14-9-12(18)4-5-13(14)15(20)19-8-7-16(21)6-2-1-3-11(16)10-19/h4-5,9,11,21H,1-3,6-8,10,18H2. The molecule has 2 atom stereocenters. The van der Waals surface area contributed by atoms with Gasteiger partial charge in [-0.3, -0.25) is 4.79 Å². The van der Waals surface area contributed by atoms with Crippen LogP contribution >= 0.6 is 0 Å². The summed E-state index contributed by atoms with van der Waals surface area (Å²) in [5.41, 5.74) is 5.25. The minimum Gasteiger partial charge on any atom is -0.399 e. The molecule has 1 amide bonds. The number of hydrogen-bond donors (Lipinski definition) is 2. The van der Waals surface area contributed by atoms with E-state index in [1.807, 2.05) is 0 Å². The maximum absolute atomic E-state index is 13.9. The van der Waals surface area contributed by atoms with Crippen LogP contribution in [0.4, 0.5) is 10.1 Å². The van der Waals surface area contributed by atoms with Gasteiger partial charge in [0, 0.05) is 24.7 Å². The number of nitrogen functional groups attached to an aromatic ring is 1. The van der Waals surface area contributed by atoms with Crippen molar-refractivity contribution in [3.63, 3.8) is 0 Å². The van der Waals surface area contributed by atoms with Crippen LogP contribution in [0.15, 0.2) is 18.2 Å². The maximum Gasteiger partial charge on any atom is 0.256 e. The van der Waals surface area contributed by atoms with Crippen LogP contribution in [-0.2, 0) is 0 Å². The minimum atomic E-state index is -0.630. The zero-order chi connectivity index (χ0) is 15.0. The number of hydrogen-bond acceptors (Lipinski definition) is 3. The molecule has 1 saturated heterocycles. The minimum absolute atomic E-state index is 0.0606. The first-order valence-corrected chi connectivity index (χ1v) is 7.56. The lowest BCUT2D eigenvalue weighted by Gasteiger charge is -2.47. The third-order valence-electron chi connectivity index (χ3n) is 4.94. The molecule has 0 spiro atoms. The number of carbonyl (C=O) groups excluding carboxylic acids is 1. The Morgan fingerprint density at radius 2 is 2.19 bits per heavy atom. The molecule has 0 aromatic heterocycles. The Balaban J connectivity index is 1.77. The summed E-state index contributed by atoms with van der Waals surface area (Å²) in [5.74, 6) is -0.773. The Labute approximate surface area is 123 Å². The fourth-order valence-electron chi connectivity index (χ4n) is 3.63. The summed E-state index contributed by atoms with van der Waals surface area (Å²) in [7, 11) is 0. The monoisotopic (exact) mass is 292 g/mol. The number of likely N-dealkylation sites (tertiary alicyclic amines) is 1. The fraction of sp³-hybridized carbons (Fsp3) is 0.562. The molecular weight excluding hydrogens is 271 g/mol. The second-order valence-corrected chi connectivity index (χ2v) is 6.29. The zero-order valence-corrected chi connectivity index (χ0v) is 12.0. The first-order chi connectivity index (χ1) is 9.99. The number of rotatable bonds is 1. The number of nitrogens with two attached hydrogens (primary N) is 1. The van der Waals surface area contributed by atoms with Crippen LogP contribution in [0.3, 0.4) is 0 Å². The van der Waals surface area contributed by atoms with E-state index in [2.05, 4.69) is 0 Å². The molecule has 2 fully saturated rings. The van der Waals surface area contributed by atoms with Gasteiger partial charge in [0.05, 0.1) is 11.2 Å². The van der Waals surface area contributed by atoms with Crippen LogP contribution in [0.25, 0.3) is 0 Å². The van der Waals surface area contributed by atoms with Crippen LogP contribution in [0.5, 0.6) is 0 Å². The SMILES string of the molecule is Nc1ccc(C(=O)N2CCC3(O)CCCCC3C2)c(F)c1. The summed E-state index contributed by atoms with van der Waals surface area (Å²) in [6, 6.07) is 4.15. The quantitative estimate of drug-likeness (QED) is 0.780. The summed E-state index contributed by atoms with van der Waals surface area (Å²) >= 11 is 0. The molecule has 2 unspecified atom stereocenters. The molecule has 114 valence electrons. The Hall–Kier alpha value is -1.62. The first kappa shape index (κ1) is 14.3. The van der Waals surface area contributed by atoms with Crippen molar-refractivity contribution in [2.45, 2.75) is 37.7 Å². The van der Waals surface area contributed by atoms with Crippen LogP contribution in [0.2, 0.25) is 0 Å². The largest absolute Gasteiger partial charge is 0.399 e. The third kappa shape index (κ3) is 2.62. The molecule has 3 rings (SSSR count). The van der Waals surface area contributed by atoms with E-state index in [1.54, 1.807) is 4.90 Å². The highest BCUT2D eigenvalue weighted by atomic mass is 19.1. The number of aliphatic hydroxyl groups is 1. The lowest BCUT2D eigenvalue weighted by atomic mass is 9.71. The van der Waals surface area contributed by atoms with Gasteiger partial charge in [-0.15, -0.1) is 0 Å². The van der Waals surface area contributed by atoms with Gasteiger partial charge in [-0.25, -0.2) is 4.39 Å². The van der Waals surface area contributed by atoms with Gasteiger partial charge in [0.25, 0.3) is 5.91 Å². The van der Waals surface area contributed by atoms with E-state index >= 15 is 0 Å². The van der Waals surface area contributed by atoms with Gasteiger partial charge >= 0.3 is 0 Å². The predicted molar refractivity (Wildman–Crippen MR) is 78.2 cm³/mol. The topological polar surface area (TPSA) is 66.6 Å². The Morgan fingerprint density at radius 3 is 2.95 bits per heavy atom. The zero-order valence-electron chi connectivity index (χ0n) is 12.0. The maximum atomic E-state index is 13.9. The lowest BCUT2D eigenvalue weighted by molar-refractivity contribution is -0.0886. The highest BCUT2D eigenvalue weighted by molar-refractivity contribution is 5.95. The summed E-state index contributed by atoms with van der Waals surface area (Å²) in [4.78, 5) is 14.1. The number of halogens is 1. The molecule has 1 saturated carbocycles. The van der Waals surface area contributed by atoms with Crippen molar-refractivity contribution in [1.29, 1.82) is 0 Å². The molecule has 0 bridgehead atoms. The van der Waals surface area contributed by atoms with Crippen LogP contribution in [0, 0.1) is 11.7 Å². The first-order valence-electron chi connectivity index (χ1n) is 7.56. The van der Waals surface area contributed by atoms with E-state index in [1.165, 1.54) is 18.2 Å². The predicted octanol–water partition coefficient (Wildman–Crippen LogP) is 2.18. The fourth-order valence-corrected chi connectivity index (χ4v) is 3.63. The van der Waals surface area contributed by atoms with E-state index < -0.39 is 11.4 Å². The summed E-state index contributed by atoms with van der Waals surface area (Å²) in [5, 5.41) is 10.6. The van der Waals surface area contributed by atoms with E-state index in [0.717, 1.165) is 25.7 Å². The smallest absolute Gasteiger partial charge is 0.256 e. The Bertz CT molecular complexity index is 563. The number of piperidine rings is 1. The van der Waals surface area contributed by atoms with Crippen molar-refractivity contribution in [2.75, 3.05) is 18.8 Å². The molecular formula is C16H21FN2O2. The van der Waals surface area contributed by atoms with Crippen molar-refractivity contribution < 1.29 is 14.3 Å². The molecule has 21 heavy (non-hydrogen) atoms. The third-order valence-corrected chi connectivity index (χ3v) is 4.94. The van der Waals surface area contributed by atoms with E-state index in [4.69, 9.17) is 5.73 Å². The number of anilines is 1. The molecule has 2 aliphatic rings. The number of benzene rings is 1. The van der Waals surface area contributed by atoms with E-state index in [-0.39, 0.29) is 17.4 Å². The van der Waals surface area contributed by atoms with Gasteiger partial charge in [-0.05, 0) is 37.5 Å². The second-order valence-electron chi connectivity index (χ2n) is 6.29. The summed E-state index contributed by atoms with van der Waals surface area (Å²) < 4.78 is 13.9. The van der Waals surface area contributed by atoms with Crippen LogP contribution < -0.4 is 5.73 Å². The Morgan fingerprint density at radius 1 is 1.38 bits per heavy atom. The molecule has 4 nitrogen and oxygen atoms in total. The van der Waals surface area contributed by atoms with Crippen molar-refractivity contribution in [1.82, 2.24) is 4.90 Å². The van der Waals surface area contributed by atoms with Crippen molar-refractivity contribution in [3.8, 4) is 0 Å². The van der Waals surface area contributed by atoms with Crippen molar-refractivity contribution in [3.05, 3.63) is 29.6 Å². The number of carbonyl (C=O) groups is 1. The average Bonchev–Trinajstić information content (AvgIpc) is 2.45. The molecule has 1 aliphatic heterocycles. The molecule has 0 radical (unpaired) electrons. The van der Waals surface area contributed by atoms with Crippen molar-refractivity contribution in [2.24, 2.45) is 5.92 Å². The van der Waals surface area contributed by atoms with Gasteiger partial charge in [0.15, 0.2) is 0 Å². The van der Waals surface area contributed by atoms with Crippen LogP contribution in [-0.4, -0.2) is 34.6 Å². The highest BCUT2D eigenvalue weighted by Crippen LogP contribution is 2.40. The van der Waals surface area contributed by atoms with Gasteiger partial charge in [-0.2, -0.15) is 0 Å².